The van der Waals surface area contributed by atoms with Crippen LogP contribution in [0.15, 0.2) is 49.1 Å². The topological polar surface area (TPSA) is 66.8 Å². The maximum atomic E-state index is 11.6. The molecule has 0 N–H and O–H groups in total. The van der Waals surface area contributed by atoms with Gasteiger partial charge in [0, 0.05) is 40.3 Å². The molecule has 2 amide bonds. The molecule has 0 saturated carbocycles. The van der Waals surface area contributed by atoms with Crippen LogP contribution in [0.5, 0.6) is 11.5 Å². The molecule has 0 bridgehead atoms. The van der Waals surface area contributed by atoms with Crippen molar-refractivity contribution >= 4 is 12.2 Å². The summed E-state index contributed by atoms with van der Waals surface area (Å²) in [7, 11) is 6.56. The Balaban J connectivity index is 1.89. The second-order valence-electron chi connectivity index (χ2n) is 6.43. The smallest absolute Gasteiger partial charge is 0.404 e. The highest BCUT2D eigenvalue weighted by atomic mass is 16.6. The van der Waals surface area contributed by atoms with Crippen molar-refractivity contribution in [1.29, 1.82) is 0 Å². The fourth-order valence-corrected chi connectivity index (χ4v) is 2.21. The number of amides is 2. The van der Waals surface area contributed by atoms with Crippen molar-refractivity contribution in [3.63, 3.8) is 0 Å². The van der Waals surface area contributed by atoms with Crippen LogP contribution in [-0.2, 0) is 13.1 Å². The van der Waals surface area contributed by atoms with Crippen molar-refractivity contribution in [1.82, 2.24) is 9.80 Å². The van der Waals surface area contributed by atoms with Gasteiger partial charge in [-0.1, -0.05) is 0 Å². The van der Waals surface area contributed by atoms with Crippen LogP contribution >= 0.6 is 0 Å². The van der Waals surface area contributed by atoms with Crippen LogP contribution in [0.3, 0.4) is 0 Å². The van der Waals surface area contributed by atoms with E-state index in [1.165, 1.54) is 9.80 Å². The average molecular weight is 374 g/mol. The van der Waals surface area contributed by atoms with Crippen molar-refractivity contribution in [2.45, 2.75) is 19.5 Å². The van der Waals surface area contributed by atoms with Gasteiger partial charge >= 0.3 is 12.2 Å². The summed E-state index contributed by atoms with van der Waals surface area (Å²) >= 11 is 0. The third-order valence-electron chi connectivity index (χ3n) is 3.64. The highest BCUT2D eigenvalue weighted by Gasteiger charge is 2.13. The minimum Gasteiger partial charge on any atom is -0.404 e. The van der Waals surface area contributed by atoms with E-state index >= 15 is 0 Å². The molecule has 0 aliphatic carbocycles. The van der Waals surface area contributed by atoms with Crippen molar-refractivity contribution in [3.05, 3.63) is 49.1 Å². The van der Waals surface area contributed by atoms with Gasteiger partial charge in [0.05, 0.1) is 6.42 Å². The zero-order valence-electron chi connectivity index (χ0n) is 16.2. The summed E-state index contributed by atoms with van der Waals surface area (Å²) < 4.78 is 14.5. The molecule has 0 spiro atoms. The number of aromatic nitrogens is 2. The molecule has 0 radical (unpaired) electrons. The maximum absolute atomic E-state index is 11.6. The number of nitrogens with zero attached hydrogens (tertiary/aromatic N) is 4. The molecule has 0 saturated heterocycles. The fraction of sp³-hybridized carbons (Fsp3) is 0.368. The van der Waals surface area contributed by atoms with Gasteiger partial charge in [0.2, 0.25) is 12.4 Å². The lowest BCUT2D eigenvalue weighted by molar-refractivity contribution is -0.727. The van der Waals surface area contributed by atoms with Gasteiger partial charge in [0.25, 0.3) is 0 Å². The van der Waals surface area contributed by atoms with Gasteiger partial charge in [0.15, 0.2) is 37.0 Å². The zero-order chi connectivity index (χ0) is 19.8. The van der Waals surface area contributed by atoms with Gasteiger partial charge in [0.1, 0.15) is 0 Å². The van der Waals surface area contributed by atoms with Crippen LogP contribution in [0.25, 0.3) is 0 Å². The van der Waals surface area contributed by atoms with Crippen molar-refractivity contribution in [3.8, 4) is 11.5 Å². The fourth-order valence-electron chi connectivity index (χ4n) is 2.21. The molecule has 0 aromatic carbocycles. The first-order chi connectivity index (χ1) is 12.8. The number of carbonyl (C=O) groups is 2. The Morgan fingerprint density at radius 1 is 0.815 bits per heavy atom. The van der Waals surface area contributed by atoms with E-state index in [1.807, 2.05) is 33.7 Å². The number of hydrogen-bond donors (Lipinski definition) is 0. The molecule has 8 heteroatoms. The molecule has 0 atom stereocenters. The van der Waals surface area contributed by atoms with Crippen LogP contribution in [0, 0.1) is 0 Å². The number of aryl methyl sites for hydroxylation is 2. The summed E-state index contributed by atoms with van der Waals surface area (Å²) in [5.41, 5.74) is 0. The number of rotatable bonds is 6. The molecule has 27 heavy (non-hydrogen) atoms. The molecule has 144 valence electrons. The van der Waals surface area contributed by atoms with E-state index < -0.39 is 12.2 Å². The van der Waals surface area contributed by atoms with Gasteiger partial charge in [-0.2, -0.15) is 0 Å². The van der Waals surface area contributed by atoms with Crippen LogP contribution in [0.4, 0.5) is 9.59 Å². The second-order valence-corrected chi connectivity index (χ2v) is 6.43. The van der Waals surface area contributed by atoms with Crippen LogP contribution < -0.4 is 18.6 Å². The second kappa shape index (κ2) is 9.51. The van der Waals surface area contributed by atoms with Gasteiger partial charge in [-0.25, -0.2) is 18.7 Å². The summed E-state index contributed by atoms with van der Waals surface area (Å²) in [5.74, 6) is 1.00. The molecular weight excluding hydrogens is 348 g/mol. The molecule has 2 aromatic rings. The molecule has 2 aromatic heterocycles. The van der Waals surface area contributed by atoms with Crippen LogP contribution in [0.1, 0.15) is 6.42 Å². The summed E-state index contributed by atoms with van der Waals surface area (Å²) in [4.78, 5) is 26.0. The Morgan fingerprint density at radius 2 is 1.22 bits per heavy atom. The monoisotopic (exact) mass is 374 g/mol. The molecule has 0 fully saturated rings. The zero-order valence-corrected chi connectivity index (χ0v) is 16.2. The highest BCUT2D eigenvalue weighted by molar-refractivity contribution is 5.70. The van der Waals surface area contributed by atoms with Crippen molar-refractivity contribution in [2.24, 2.45) is 0 Å². The predicted molar refractivity (Wildman–Crippen MR) is 97.3 cm³/mol. The standard InChI is InChI=1S/C19H26N4O4/c1-20(2)18(24)26-16-8-5-10-22(14-16)12-7-13-23-11-6-9-17(15-23)27-19(25)21(3)4/h5-6,8-11,14-15H,7,12-13H2,1-4H3/q+2. The lowest BCUT2D eigenvalue weighted by Gasteiger charge is -2.09. The van der Waals surface area contributed by atoms with Crippen molar-refractivity contribution < 1.29 is 28.2 Å². The lowest BCUT2D eigenvalue weighted by Crippen LogP contribution is -2.39. The van der Waals surface area contributed by atoms with Gasteiger partial charge in [-0.3, -0.25) is 0 Å². The summed E-state index contributed by atoms with van der Waals surface area (Å²) in [6, 6.07) is 7.17. The van der Waals surface area contributed by atoms with E-state index in [-0.39, 0.29) is 0 Å². The summed E-state index contributed by atoms with van der Waals surface area (Å²) in [6.07, 6.45) is 7.47. The molecule has 0 unspecified atom stereocenters. The Morgan fingerprint density at radius 3 is 1.59 bits per heavy atom. The van der Waals surface area contributed by atoms with Gasteiger partial charge in [-0.05, 0) is 12.1 Å². The third kappa shape index (κ3) is 6.58. The van der Waals surface area contributed by atoms with E-state index in [1.54, 1.807) is 52.7 Å². The first-order valence-corrected chi connectivity index (χ1v) is 8.61. The summed E-state index contributed by atoms with van der Waals surface area (Å²) in [6.45, 7) is 1.50. The predicted octanol–water partition coefficient (Wildman–Crippen LogP) is 1.47. The number of hydrogen-bond acceptors (Lipinski definition) is 4. The molecule has 0 aliphatic rings. The van der Waals surface area contributed by atoms with Crippen LogP contribution in [-0.4, -0.2) is 50.2 Å². The quantitative estimate of drug-likeness (QED) is 0.719. The largest absolute Gasteiger partial charge is 0.414 e. The number of carbonyl (C=O) groups excluding carboxylic acids is 2. The molecule has 0 aliphatic heterocycles. The average Bonchev–Trinajstić information content (AvgIpc) is 2.62. The van der Waals surface area contributed by atoms with E-state index in [0.717, 1.165) is 19.5 Å². The Kier molecular flexibility index (Phi) is 7.10. The molecule has 2 heterocycles. The SMILES string of the molecule is CN(C)C(=O)Oc1ccc[n+](CCC[n+]2cccc(OC(=O)N(C)C)c2)c1. The lowest BCUT2D eigenvalue weighted by atomic mass is 10.3. The molecular formula is C19H26N4O4+2. The minimum atomic E-state index is -0.410. The van der Waals surface area contributed by atoms with E-state index in [2.05, 4.69) is 0 Å². The van der Waals surface area contributed by atoms with E-state index in [0.29, 0.717) is 11.5 Å². The molecule has 2 rings (SSSR count). The van der Waals surface area contributed by atoms with Gasteiger partial charge in [-0.15, -0.1) is 0 Å². The van der Waals surface area contributed by atoms with Gasteiger partial charge < -0.3 is 19.3 Å². The Labute approximate surface area is 159 Å². The number of ether oxygens (including phenoxy) is 2. The first kappa shape index (κ1) is 20.2. The number of pyridine rings is 2. The minimum absolute atomic E-state index is 0.410. The first-order valence-electron chi connectivity index (χ1n) is 8.61. The van der Waals surface area contributed by atoms with Crippen molar-refractivity contribution in [2.75, 3.05) is 28.2 Å². The highest BCUT2D eigenvalue weighted by Crippen LogP contribution is 2.08. The van der Waals surface area contributed by atoms with E-state index in [9.17, 15) is 9.59 Å². The summed E-state index contributed by atoms with van der Waals surface area (Å²) in [5, 5.41) is 0. The third-order valence-corrected chi connectivity index (χ3v) is 3.64. The molecule has 8 nitrogen and oxygen atoms in total. The Bertz CT molecular complexity index is 727. The maximum Gasteiger partial charge on any atom is 0.414 e. The Hall–Kier alpha value is -3.16. The van der Waals surface area contributed by atoms with Crippen LogP contribution in [0.2, 0.25) is 0 Å². The van der Waals surface area contributed by atoms with E-state index in [4.69, 9.17) is 9.47 Å². The normalized spacial score (nSPS) is 10.2.